The maximum absolute atomic E-state index is 11.2. The molecular formula is C12H18N2O2S. The van der Waals surface area contributed by atoms with Crippen LogP contribution in [0, 0.1) is 0 Å². The summed E-state index contributed by atoms with van der Waals surface area (Å²) in [6.45, 7) is 6.42. The molecule has 0 aromatic carbocycles. The van der Waals surface area contributed by atoms with Crippen molar-refractivity contribution in [2.24, 2.45) is 0 Å². The molecule has 0 aliphatic carbocycles. The van der Waals surface area contributed by atoms with Crippen LogP contribution >= 0.6 is 11.8 Å². The van der Waals surface area contributed by atoms with Gasteiger partial charge in [-0.1, -0.05) is 12.7 Å². The maximum Gasteiger partial charge on any atom is 0.210 e. The monoisotopic (exact) mass is 254 g/mol. The Bertz CT molecular complexity index is 337. The van der Waals surface area contributed by atoms with Gasteiger partial charge in [0.05, 0.1) is 0 Å². The number of nitrogens with one attached hydrogen (secondary N) is 1. The minimum atomic E-state index is 0.217. The zero-order chi connectivity index (χ0) is 12.3. The van der Waals surface area contributed by atoms with Gasteiger partial charge in [0.2, 0.25) is 6.41 Å². The van der Waals surface area contributed by atoms with Crippen LogP contribution in [0.4, 0.5) is 0 Å². The molecule has 0 aromatic rings. The zero-order valence-electron chi connectivity index (χ0n) is 10.0. The molecule has 2 aliphatic heterocycles. The fourth-order valence-electron chi connectivity index (χ4n) is 2.06. The Kier molecular flexibility index (Phi) is 4.12. The van der Waals surface area contributed by atoms with E-state index in [2.05, 4.69) is 12.1 Å². The molecule has 2 aliphatic rings. The van der Waals surface area contributed by atoms with Crippen molar-refractivity contribution < 1.29 is 9.63 Å². The van der Waals surface area contributed by atoms with Gasteiger partial charge in [-0.05, 0) is 19.1 Å². The summed E-state index contributed by atoms with van der Waals surface area (Å²) in [4.78, 5) is 18.2. The Labute approximate surface area is 106 Å². The van der Waals surface area contributed by atoms with Gasteiger partial charge >= 0.3 is 0 Å². The van der Waals surface area contributed by atoms with Crippen molar-refractivity contribution >= 4 is 18.2 Å². The van der Waals surface area contributed by atoms with Crippen LogP contribution in [0.25, 0.3) is 0 Å². The van der Waals surface area contributed by atoms with E-state index in [1.54, 1.807) is 6.08 Å². The molecule has 0 bridgehead atoms. The molecule has 2 heterocycles. The fraction of sp³-hybridized carbons (Fsp3) is 0.583. The molecule has 2 unspecified atom stereocenters. The molecule has 0 aromatic heterocycles. The lowest BCUT2D eigenvalue weighted by Gasteiger charge is -2.32. The minimum Gasteiger partial charge on any atom is -0.410 e. The molecule has 4 nitrogen and oxygen atoms in total. The number of nitrogens with zero attached hydrogens (tertiary/aromatic N) is 1. The van der Waals surface area contributed by atoms with E-state index in [0.717, 1.165) is 35.7 Å². The van der Waals surface area contributed by atoms with Gasteiger partial charge in [-0.2, -0.15) is 11.8 Å². The van der Waals surface area contributed by atoms with E-state index < -0.39 is 0 Å². The summed E-state index contributed by atoms with van der Waals surface area (Å²) in [5.41, 5.74) is 3.82. The second-order valence-corrected chi connectivity index (χ2v) is 5.48. The Morgan fingerprint density at radius 2 is 2.59 bits per heavy atom. The third-order valence-corrected chi connectivity index (χ3v) is 4.31. The van der Waals surface area contributed by atoms with Gasteiger partial charge in [-0.3, -0.25) is 4.79 Å². The van der Waals surface area contributed by atoms with Crippen LogP contribution in [-0.4, -0.2) is 41.4 Å². The zero-order valence-corrected chi connectivity index (χ0v) is 10.8. The third-order valence-electron chi connectivity index (χ3n) is 3.16. The van der Waals surface area contributed by atoms with Gasteiger partial charge < -0.3 is 9.74 Å². The topological polar surface area (TPSA) is 41.6 Å². The first kappa shape index (κ1) is 12.5. The van der Waals surface area contributed by atoms with Gasteiger partial charge in [0, 0.05) is 23.9 Å². The van der Waals surface area contributed by atoms with E-state index in [4.69, 9.17) is 4.84 Å². The molecule has 0 saturated carbocycles. The molecule has 17 heavy (non-hydrogen) atoms. The van der Waals surface area contributed by atoms with E-state index in [1.165, 1.54) is 0 Å². The highest BCUT2D eigenvalue weighted by molar-refractivity contribution is 7.99. The normalized spacial score (nSPS) is 30.2. The van der Waals surface area contributed by atoms with Crippen molar-refractivity contribution in [1.29, 1.82) is 0 Å². The highest BCUT2D eigenvalue weighted by Crippen LogP contribution is 2.24. The molecule has 1 amide bonds. The molecule has 0 spiro atoms. The summed E-state index contributed by atoms with van der Waals surface area (Å²) >= 11 is 1.90. The number of rotatable bonds is 5. The lowest BCUT2D eigenvalue weighted by molar-refractivity contribution is -0.119. The number of hydrogen-bond acceptors (Lipinski definition) is 4. The van der Waals surface area contributed by atoms with Gasteiger partial charge in [0.1, 0.15) is 11.8 Å². The molecule has 2 atom stereocenters. The average molecular weight is 254 g/mol. The molecule has 1 N–H and O–H groups in total. The van der Waals surface area contributed by atoms with Crippen molar-refractivity contribution in [1.82, 2.24) is 10.4 Å². The first-order valence-electron chi connectivity index (χ1n) is 5.83. The van der Waals surface area contributed by atoms with Crippen LogP contribution < -0.4 is 5.48 Å². The molecule has 0 radical (unpaired) electrons. The Balaban J connectivity index is 2.03. The molecular weight excluding hydrogens is 236 g/mol. The minimum absolute atomic E-state index is 0.217. The lowest BCUT2D eigenvalue weighted by Crippen LogP contribution is -2.44. The van der Waals surface area contributed by atoms with Gasteiger partial charge in [-0.15, -0.1) is 5.48 Å². The quantitative estimate of drug-likeness (QED) is 0.751. The number of hydroxylamine groups is 1. The molecule has 2 fully saturated rings. The average Bonchev–Trinajstić information content (AvgIpc) is 2.85. The highest BCUT2D eigenvalue weighted by Gasteiger charge is 2.27. The van der Waals surface area contributed by atoms with Gasteiger partial charge in [-0.25, -0.2) is 0 Å². The third kappa shape index (κ3) is 2.66. The SMILES string of the molecule is C=C/C(CN(C=O)C1CCSC1)=C1\ONC1C. The van der Waals surface area contributed by atoms with E-state index in [1.807, 2.05) is 23.6 Å². The largest absolute Gasteiger partial charge is 0.410 e. The summed E-state index contributed by atoms with van der Waals surface area (Å²) in [6, 6.07) is 0.575. The van der Waals surface area contributed by atoms with Crippen LogP contribution in [0.15, 0.2) is 24.0 Å². The molecule has 94 valence electrons. The van der Waals surface area contributed by atoms with Crippen LogP contribution in [0.5, 0.6) is 0 Å². The maximum atomic E-state index is 11.2. The number of hydrogen-bond donors (Lipinski definition) is 1. The van der Waals surface area contributed by atoms with Crippen molar-refractivity contribution in [2.75, 3.05) is 18.1 Å². The van der Waals surface area contributed by atoms with E-state index in [0.29, 0.717) is 12.6 Å². The first-order chi connectivity index (χ1) is 8.26. The van der Waals surface area contributed by atoms with E-state index >= 15 is 0 Å². The van der Waals surface area contributed by atoms with Crippen molar-refractivity contribution in [3.8, 4) is 0 Å². The van der Waals surface area contributed by atoms with Gasteiger partial charge in [0.15, 0.2) is 0 Å². The van der Waals surface area contributed by atoms with Crippen molar-refractivity contribution in [3.05, 3.63) is 24.0 Å². The fourth-order valence-corrected chi connectivity index (χ4v) is 3.29. The summed E-state index contributed by atoms with van der Waals surface area (Å²) < 4.78 is 0. The van der Waals surface area contributed by atoms with Gasteiger partial charge in [0.25, 0.3) is 0 Å². The second-order valence-electron chi connectivity index (χ2n) is 4.33. The lowest BCUT2D eigenvalue weighted by atomic mass is 10.1. The first-order valence-corrected chi connectivity index (χ1v) is 6.98. The Morgan fingerprint density at radius 1 is 1.76 bits per heavy atom. The number of thioether (sulfide) groups is 1. The molecule has 5 heteroatoms. The summed E-state index contributed by atoms with van der Waals surface area (Å²) in [5, 5.41) is 0. The summed E-state index contributed by atoms with van der Waals surface area (Å²) in [6.07, 6.45) is 3.81. The number of carbonyl (C=O) groups is 1. The predicted molar refractivity (Wildman–Crippen MR) is 69.4 cm³/mol. The molecule has 2 saturated heterocycles. The van der Waals surface area contributed by atoms with Crippen LogP contribution in [0.1, 0.15) is 13.3 Å². The number of amides is 1. The van der Waals surface area contributed by atoms with Crippen LogP contribution in [0.2, 0.25) is 0 Å². The van der Waals surface area contributed by atoms with E-state index in [-0.39, 0.29) is 6.04 Å². The predicted octanol–water partition coefficient (Wildman–Crippen LogP) is 1.31. The summed E-state index contributed by atoms with van der Waals surface area (Å²) in [7, 11) is 0. The summed E-state index contributed by atoms with van der Waals surface area (Å²) in [5.74, 6) is 3.08. The van der Waals surface area contributed by atoms with Crippen LogP contribution in [0.3, 0.4) is 0 Å². The molecule has 2 rings (SSSR count). The Hall–Kier alpha value is -0.940. The van der Waals surface area contributed by atoms with E-state index in [9.17, 15) is 4.79 Å². The van der Waals surface area contributed by atoms with Crippen molar-refractivity contribution in [2.45, 2.75) is 25.4 Å². The second kappa shape index (κ2) is 5.60. The highest BCUT2D eigenvalue weighted by atomic mass is 32.2. The smallest absolute Gasteiger partial charge is 0.210 e. The Morgan fingerprint density at radius 3 is 3.00 bits per heavy atom. The standard InChI is InChI=1S/C12H18N2O2S/c1-3-10(12-9(2)13-16-12)6-14(8-15)11-4-5-17-7-11/h3,8-9,11,13H,1,4-7H2,2H3/b12-10+. The number of carbonyl (C=O) groups excluding carboxylic acids is 1. The van der Waals surface area contributed by atoms with Crippen molar-refractivity contribution in [3.63, 3.8) is 0 Å². The van der Waals surface area contributed by atoms with Crippen LogP contribution in [-0.2, 0) is 9.63 Å².